The van der Waals surface area contributed by atoms with E-state index in [1.54, 1.807) is 0 Å². The molecule has 8 nitrogen and oxygen atoms in total. The lowest BCUT2D eigenvalue weighted by Crippen LogP contribution is -2.35. The predicted molar refractivity (Wildman–Crippen MR) is 247 cm³/mol. The fourth-order valence-corrected chi connectivity index (χ4v) is 10.3. The minimum Gasteiger partial charge on any atom is -0.340 e. The van der Waals surface area contributed by atoms with Crippen molar-refractivity contribution in [3.63, 3.8) is 0 Å². The molecule has 63 heavy (non-hydrogen) atoms. The van der Waals surface area contributed by atoms with Gasteiger partial charge in [0.05, 0.1) is 47.7 Å². The average Bonchev–Trinajstić information content (AvgIpc) is 4.20. The molecule has 1 aliphatic carbocycles. The molecular formula is C55H48N6O2. The highest BCUT2D eigenvalue weighted by atomic mass is 16.2. The van der Waals surface area contributed by atoms with Gasteiger partial charge in [-0.3, -0.25) is 9.59 Å². The number of nitrogens with zero attached hydrogens (tertiary/aromatic N) is 4. The van der Waals surface area contributed by atoms with E-state index >= 15 is 0 Å². The number of H-pyrrole nitrogens is 2. The highest BCUT2D eigenvalue weighted by Gasteiger charge is 2.38. The lowest BCUT2D eigenvalue weighted by molar-refractivity contribution is -0.133. The molecule has 2 aliphatic heterocycles. The van der Waals surface area contributed by atoms with Crippen molar-refractivity contribution in [3.8, 4) is 33.6 Å². The van der Waals surface area contributed by atoms with Crippen molar-refractivity contribution in [1.29, 1.82) is 0 Å². The van der Waals surface area contributed by atoms with Crippen LogP contribution < -0.4 is 0 Å². The number of likely N-dealkylation sites (tertiary alicyclic amines) is 2. The summed E-state index contributed by atoms with van der Waals surface area (Å²) in [6, 6.07) is 53.6. The topological polar surface area (TPSA) is 98.0 Å². The molecule has 0 saturated carbocycles. The Bertz CT molecular complexity index is 2630. The Balaban J connectivity index is 0.801. The largest absolute Gasteiger partial charge is 0.340 e. The Morgan fingerprint density at radius 2 is 0.857 bits per heavy atom. The molecule has 310 valence electrons. The Morgan fingerprint density at radius 3 is 1.22 bits per heavy atom. The van der Waals surface area contributed by atoms with E-state index in [9.17, 15) is 9.59 Å². The number of fused-ring (bicyclic) bond motifs is 3. The van der Waals surface area contributed by atoms with Gasteiger partial charge in [-0.05, 0) is 99.9 Å². The minimum absolute atomic E-state index is 0.111. The molecule has 3 aliphatic rings. The molecule has 2 amide bonds. The molecule has 2 aromatic heterocycles. The van der Waals surface area contributed by atoms with Crippen LogP contribution in [0.4, 0.5) is 0 Å². The molecule has 2 atom stereocenters. The molecule has 0 bridgehead atoms. The molecule has 0 spiro atoms. The quantitative estimate of drug-likeness (QED) is 0.143. The normalized spacial score (nSPS) is 16.8. The van der Waals surface area contributed by atoms with E-state index in [0.29, 0.717) is 13.1 Å². The number of aromatic nitrogens is 4. The maximum absolute atomic E-state index is 14.4. The number of amides is 2. The second-order valence-corrected chi connectivity index (χ2v) is 17.2. The SMILES string of the molecule is O=C(C(c1ccccc1)c1ccccc1)N1CCC[C@@H]1c1ncc(-c2ccc3c(c2)Cc2cc(-c4cnc([C@H]5CCCN5C(=O)C(c5ccccc5)c5ccccc5)[nH]4)ccc2-3)[nH]1. The summed E-state index contributed by atoms with van der Waals surface area (Å²) in [6.45, 7) is 1.41. The highest BCUT2D eigenvalue weighted by Crippen LogP contribution is 2.42. The van der Waals surface area contributed by atoms with Crippen molar-refractivity contribution >= 4 is 11.8 Å². The average molecular weight is 825 g/mol. The van der Waals surface area contributed by atoms with E-state index in [1.165, 1.54) is 22.3 Å². The van der Waals surface area contributed by atoms with Gasteiger partial charge in [-0.25, -0.2) is 9.97 Å². The first kappa shape index (κ1) is 38.6. The summed E-state index contributed by atoms with van der Waals surface area (Å²) in [5.41, 5.74) is 13.1. The molecule has 11 rings (SSSR count). The smallest absolute Gasteiger partial charge is 0.235 e. The zero-order valence-electron chi connectivity index (χ0n) is 35.0. The van der Waals surface area contributed by atoms with Crippen LogP contribution in [0.3, 0.4) is 0 Å². The molecule has 2 saturated heterocycles. The third kappa shape index (κ3) is 7.25. The molecule has 8 aromatic rings. The molecule has 6 aromatic carbocycles. The number of carbonyl (C=O) groups excluding carboxylic acids is 2. The van der Waals surface area contributed by atoms with Gasteiger partial charge in [0.15, 0.2) is 0 Å². The summed E-state index contributed by atoms with van der Waals surface area (Å²) in [5.74, 6) is 1.15. The summed E-state index contributed by atoms with van der Waals surface area (Å²) in [7, 11) is 0. The highest BCUT2D eigenvalue weighted by molar-refractivity contribution is 5.89. The van der Waals surface area contributed by atoms with Crippen molar-refractivity contribution in [2.45, 2.75) is 56.0 Å². The van der Waals surface area contributed by atoms with Crippen LogP contribution in [-0.4, -0.2) is 54.6 Å². The van der Waals surface area contributed by atoms with Gasteiger partial charge in [0.2, 0.25) is 11.8 Å². The summed E-state index contributed by atoms with van der Waals surface area (Å²) < 4.78 is 0. The van der Waals surface area contributed by atoms with E-state index in [2.05, 4.69) is 94.9 Å². The van der Waals surface area contributed by atoms with Crippen LogP contribution >= 0.6 is 0 Å². The fourth-order valence-electron chi connectivity index (χ4n) is 10.3. The number of aromatic amines is 2. The Morgan fingerprint density at radius 1 is 0.492 bits per heavy atom. The number of hydrogen-bond donors (Lipinski definition) is 2. The third-order valence-electron chi connectivity index (χ3n) is 13.4. The molecular weight excluding hydrogens is 777 g/mol. The predicted octanol–water partition coefficient (Wildman–Crippen LogP) is 11.0. The number of rotatable bonds is 10. The van der Waals surface area contributed by atoms with Gasteiger partial charge < -0.3 is 19.8 Å². The number of imidazole rings is 2. The first-order valence-electron chi connectivity index (χ1n) is 22.2. The molecule has 2 N–H and O–H groups in total. The molecule has 2 fully saturated rings. The summed E-state index contributed by atoms with van der Waals surface area (Å²) in [6.07, 6.45) is 8.27. The lowest BCUT2D eigenvalue weighted by atomic mass is 9.90. The van der Waals surface area contributed by atoms with Crippen molar-refractivity contribution in [3.05, 3.63) is 215 Å². The lowest BCUT2D eigenvalue weighted by Gasteiger charge is -2.28. The maximum atomic E-state index is 14.4. The van der Waals surface area contributed by atoms with Crippen LogP contribution in [0.15, 0.2) is 170 Å². The summed E-state index contributed by atoms with van der Waals surface area (Å²) >= 11 is 0. The van der Waals surface area contributed by atoms with Gasteiger partial charge in [0.1, 0.15) is 11.6 Å². The van der Waals surface area contributed by atoms with Gasteiger partial charge >= 0.3 is 0 Å². The number of hydrogen-bond acceptors (Lipinski definition) is 4. The monoisotopic (exact) mass is 824 g/mol. The van der Waals surface area contributed by atoms with E-state index in [0.717, 1.165) is 88.5 Å². The minimum atomic E-state index is -0.372. The maximum Gasteiger partial charge on any atom is 0.235 e. The van der Waals surface area contributed by atoms with E-state index in [1.807, 2.05) is 95.0 Å². The molecule has 4 heterocycles. The van der Waals surface area contributed by atoms with E-state index < -0.39 is 0 Å². The van der Waals surface area contributed by atoms with Crippen molar-refractivity contribution in [2.75, 3.05) is 13.1 Å². The Hall–Kier alpha value is -7.32. The fraction of sp³-hybridized carbons (Fsp3) is 0.200. The van der Waals surface area contributed by atoms with E-state index in [4.69, 9.17) is 9.97 Å². The van der Waals surface area contributed by atoms with Crippen molar-refractivity contribution in [1.82, 2.24) is 29.7 Å². The summed E-state index contributed by atoms with van der Waals surface area (Å²) in [4.78, 5) is 50.0. The zero-order chi connectivity index (χ0) is 42.3. The molecule has 8 heteroatoms. The van der Waals surface area contributed by atoms with E-state index in [-0.39, 0.29) is 35.7 Å². The van der Waals surface area contributed by atoms with Crippen LogP contribution in [0.2, 0.25) is 0 Å². The standard InChI is InChI=1S/C55H48N6O2/c62-54(50(36-15-5-1-6-16-36)37-17-7-2-8-18-37)60-29-13-23-48(60)52-56-34-46(58-52)40-25-27-44-42(31-40)33-43-32-41(26-28-45(43)44)47-35-57-53(59-47)49-24-14-30-61(49)55(63)51(38-19-9-3-10-20-38)39-21-11-4-12-22-39/h1-12,15-22,25-28,31-32,34-35,48-51H,13-14,23-24,29-30,33H2,(H,56,58)(H,57,59)/t48-,49-/m1/s1. The van der Waals surface area contributed by atoms with Gasteiger partial charge in [-0.1, -0.05) is 146 Å². The number of nitrogens with one attached hydrogen (secondary N) is 2. The molecule has 0 unspecified atom stereocenters. The summed E-state index contributed by atoms with van der Waals surface area (Å²) in [5, 5.41) is 0. The first-order chi connectivity index (χ1) is 31.1. The number of carbonyl (C=O) groups is 2. The van der Waals surface area contributed by atoms with Gasteiger partial charge in [0, 0.05) is 13.1 Å². The molecule has 0 radical (unpaired) electrons. The second-order valence-electron chi connectivity index (χ2n) is 17.2. The third-order valence-corrected chi connectivity index (χ3v) is 13.4. The van der Waals surface area contributed by atoms with Crippen LogP contribution in [0.25, 0.3) is 33.6 Å². The number of benzene rings is 6. The van der Waals surface area contributed by atoms with Gasteiger partial charge in [0.25, 0.3) is 0 Å². The first-order valence-corrected chi connectivity index (χ1v) is 22.2. The van der Waals surface area contributed by atoms with Crippen LogP contribution in [0, 0.1) is 0 Å². The Labute approximate surface area is 367 Å². The van der Waals surface area contributed by atoms with Crippen molar-refractivity contribution in [2.24, 2.45) is 0 Å². The zero-order valence-corrected chi connectivity index (χ0v) is 35.0. The Kier molecular flexibility index (Phi) is 10.1. The van der Waals surface area contributed by atoms with Gasteiger partial charge in [-0.2, -0.15) is 0 Å². The second kappa shape index (κ2) is 16.5. The van der Waals surface area contributed by atoms with Crippen LogP contribution in [0.5, 0.6) is 0 Å². The van der Waals surface area contributed by atoms with Gasteiger partial charge in [-0.15, -0.1) is 0 Å². The van der Waals surface area contributed by atoms with Crippen molar-refractivity contribution < 1.29 is 9.59 Å². The van der Waals surface area contributed by atoms with Crippen LogP contribution in [-0.2, 0) is 16.0 Å². The van der Waals surface area contributed by atoms with Crippen LogP contribution in [0.1, 0.15) is 94.6 Å².